The van der Waals surface area contributed by atoms with Crippen molar-refractivity contribution in [1.29, 1.82) is 0 Å². The largest absolute Gasteiger partial charge is 0.478 e. The zero-order valence-corrected chi connectivity index (χ0v) is 11.3. The number of aromatic nitrogens is 3. The van der Waals surface area contributed by atoms with E-state index in [1.54, 1.807) is 7.11 Å². The fourth-order valence-electron chi connectivity index (χ4n) is 1.71. The summed E-state index contributed by atoms with van der Waals surface area (Å²) in [6, 6.07) is 3.78. The number of nitrogens with one attached hydrogen (secondary N) is 1. The van der Waals surface area contributed by atoms with Crippen LogP contribution in [0.5, 0.6) is 5.88 Å². The number of imidazole rings is 1. The van der Waals surface area contributed by atoms with E-state index in [0.717, 1.165) is 11.3 Å². The predicted octanol–water partition coefficient (Wildman–Crippen LogP) is 2.32. The van der Waals surface area contributed by atoms with E-state index in [-0.39, 0.29) is 5.60 Å². The number of rotatable bonds is 5. The van der Waals surface area contributed by atoms with Gasteiger partial charge in [-0.15, -0.1) is 0 Å². The molecule has 0 saturated heterocycles. The van der Waals surface area contributed by atoms with Crippen LogP contribution in [0.3, 0.4) is 0 Å². The van der Waals surface area contributed by atoms with Crippen LogP contribution in [-0.4, -0.2) is 34.3 Å². The molecule has 0 unspecified atom stereocenters. The van der Waals surface area contributed by atoms with Crippen molar-refractivity contribution in [3.8, 4) is 5.88 Å². The van der Waals surface area contributed by atoms with E-state index in [1.165, 1.54) is 0 Å². The maximum atomic E-state index is 5.39. The summed E-state index contributed by atoms with van der Waals surface area (Å²) in [6.07, 6.45) is 0.712. The van der Waals surface area contributed by atoms with E-state index in [0.29, 0.717) is 24.6 Å². The number of methoxy groups -OCH3 is 1. The summed E-state index contributed by atoms with van der Waals surface area (Å²) in [5.74, 6) is 1.48. The van der Waals surface area contributed by atoms with Crippen molar-refractivity contribution in [2.45, 2.75) is 32.8 Å². The van der Waals surface area contributed by atoms with E-state index in [1.807, 2.05) is 32.9 Å². The summed E-state index contributed by atoms with van der Waals surface area (Å²) in [7, 11) is 1.70. The molecule has 0 fully saturated rings. The van der Waals surface area contributed by atoms with E-state index < -0.39 is 0 Å². The van der Waals surface area contributed by atoms with Crippen LogP contribution >= 0.6 is 0 Å². The molecule has 2 rings (SSSR count). The highest BCUT2D eigenvalue weighted by molar-refractivity contribution is 5.71. The molecule has 0 saturated carbocycles. The Bertz CT molecular complexity index is 534. The highest BCUT2D eigenvalue weighted by atomic mass is 16.5. The molecule has 2 aromatic heterocycles. The first kappa shape index (κ1) is 12.8. The number of ether oxygens (including phenoxy) is 2. The zero-order valence-electron chi connectivity index (χ0n) is 11.3. The first-order valence-electron chi connectivity index (χ1n) is 6.07. The van der Waals surface area contributed by atoms with E-state index in [4.69, 9.17) is 9.47 Å². The number of hydrogen-bond acceptors (Lipinski definition) is 4. The monoisotopic (exact) mass is 249 g/mol. The number of hydrogen-bond donors (Lipinski definition) is 1. The lowest BCUT2D eigenvalue weighted by atomic mass is 10.1. The van der Waals surface area contributed by atoms with Gasteiger partial charge in [-0.1, -0.05) is 0 Å². The van der Waals surface area contributed by atoms with Gasteiger partial charge in [-0.05, 0) is 26.8 Å². The van der Waals surface area contributed by atoms with Gasteiger partial charge in [-0.2, -0.15) is 4.98 Å². The smallest absolute Gasteiger partial charge is 0.215 e. The van der Waals surface area contributed by atoms with Gasteiger partial charge in [0.1, 0.15) is 5.82 Å². The third kappa shape index (κ3) is 2.79. The second-order valence-corrected chi connectivity index (χ2v) is 4.78. The van der Waals surface area contributed by atoms with Crippen molar-refractivity contribution in [3.63, 3.8) is 0 Å². The van der Waals surface area contributed by atoms with Crippen LogP contribution in [0.4, 0.5) is 0 Å². The first-order chi connectivity index (χ1) is 8.54. The van der Waals surface area contributed by atoms with Gasteiger partial charge in [0.05, 0.1) is 17.7 Å². The Morgan fingerprint density at radius 2 is 2.06 bits per heavy atom. The lowest BCUT2D eigenvalue weighted by molar-refractivity contribution is 0.0218. The first-order valence-corrected chi connectivity index (χ1v) is 6.07. The second kappa shape index (κ2) is 4.94. The maximum Gasteiger partial charge on any atom is 0.215 e. The van der Waals surface area contributed by atoms with Gasteiger partial charge in [0.25, 0.3) is 0 Å². The molecular formula is C13H19N3O2. The molecule has 0 amide bonds. The van der Waals surface area contributed by atoms with Crippen molar-refractivity contribution >= 4 is 11.2 Å². The van der Waals surface area contributed by atoms with Gasteiger partial charge >= 0.3 is 0 Å². The third-order valence-corrected chi connectivity index (χ3v) is 2.81. The summed E-state index contributed by atoms with van der Waals surface area (Å²) < 4.78 is 10.8. The molecular weight excluding hydrogens is 230 g/mol. The Kier molecular flexibility index (Phi) is 3.52. The molecule has 0 aliphatic rings. The van der Waals surface area contributed by atoms with E-state index in [9.17, 15) is 0 Å². The Balaban J connectivity index is 2.27. The van der Waals surface area contributed by atoms with Gasteiger partial charge in [0, 0.05) is 19.6 Å². The normalized spacial score (nSPS) is 12.0. The maximum absolute atomic E-state index is 5.39. The Morgan fingerprint density at radius 3 is 2.72 bits per heavy atom. The molecule has 18 heavy (non-hydrogen) atoms. The average molecular weight is 249 g/mol. The SMILES string of the molecule is CCOc1ccc2[nH]c(CC(C)(C)OC)nc2n1. The van der Waals surface area contributed by atoms with Gasteiger partial charge in [0.15, 0.2) is 5.65 Å². The van der Waals surface area contributed by atoms with Crippen LogP contribution in [0.1, 0.15) is 26.6 Å². The highest BCUT2D eigenvalue weighted by Crippen LogP contribution is 2.18. The predicted molar refractivity (Wildman–Crippen MR) is 69.8 cm³/mol. The number of pyridine rings is 1. The molecule has 2 heterocycles. The quantitative estimate of drug-likeness (QED) is 0.883. The molecule has 0 atom stereocenters. The second-order valence-electron chi connectivity index (χ2n) is 4.78. The van der Waals surface area contributed by atoms with Crippen LogP contribution in [0.2, 0.25) is 0 Å². The molecule has 0 spiro atoms. The van der Waals surface area contributed by atoms with E-state index >= 15 is 0 Å². The molecule has 0 aromatic carbocycles. The lowest BCUT2D eigenvalue weighted by Gasteiger charge is -2.20. The van der Waals surface area contributed by atoms with Crippen LogP contribution in [-0.2, 0) is 11.2 Å². The van der Waals surface area contributed by atoms with Crippen molar-refractivity contribution in [2.24, 2.45) is 0 Å². The highest BCUT2D eigenvalue weighted by Gasteiger charge is 2.19. The minimum absolute atomic E-state index is 0.239. The molecule has 0 bridgehead atoms. The van der Waals surface area contributed by atoms with Crippen LogP contribution in [0, 0.1) is 0 Å². The van der Waals surface area contributed by atoms with Crippen molar-refractivity contribution in [2.75, 3.05) is 13.7 Å². The summed E-state index contributed by atoms with van der Waals surface area (Å²) in [4.78, 5) is 12.0. The van der Waals surface area contributed by atoms with Crippen LogP contribution in [0.15, 0.2) is 12.1 Å². The molecule has 98 valence electrons. The summed E-state index contributed by atoms with van der Waals surface area (Å²) in [5.41, 5.74) is 1.36. The Hall–Kier alpha value is -1.62. The lowest BCUT2D eigenvalue weighted by Crippen LogP contribution is -2.26. The molecule has 5 heteroatoms. The fraction of sp³-hybridized carbons (Fsp3) is 0.538. The Morgan fingerprint density at radius 1 is 1.28 bits per heavy atom. The summed E-state index contributed by atoms with van der Waals surface area (Å²) >= 11 is 0. The molecule has 2 aromatic rings. The number of aromatic amines is 1. The Labute approximate surface area is 107 Å². The minimum atomic E-state index is -0.239. The van der Waals surface area contributed by atoms with Crippen LogP contribution in [0.25, 0.3) is 11.2 Å². The van der Waals surface area contributed by atoms with Crippen molar-refractivity contribution < 1.29 is 9.47 Å². The van der Waals surface area contributed by atoms with Gasteiger partial charge in [-0.25, -0.2) is 4.98 Å². The van der Waals surface area contributed by atoms with Crippen molar-refractivity contribution in [3.05, 3.63) is 18.0 Å². The minimum Gasteiger partial charge on any atom is -0.478 e. The molecule has 0 aliphatic heterocycles. The van der Waals surface area contributed by atoms with Crippen molar-refractivity contribution in [1.82, 2.24) is 15.0 Å². The van der Waals surface area contributed by atoms with Gasteiger partial charge < -0.3 is 14.5 Å². The van der Waals surface area contributed by atoms with Gasteiger partial charge in [0.2, 0.25) is 5.88 Å². The molecule has 0 aliphatic carbocycles. The molecule has 0 radical (unpaired) electrons. The van der Waals surface area contributed by atoms with Crippen LogP contribution < -0.4 is 4.74 Å². The fourth-order valence-corrected chi connectivity index (χ4v) is 1.71. The number of nitrogens with zero attached hydrogens (tertiary/aromatic N) is 2. The summed E-state index contributed by atoms with van der Waals surface area (Å²) in [5, 5.41) is 0. The number of H-pyrrole nitrogens is 1. The molecule has 1 N–H and O–H groups in total. The molecule has 5 nitrogen and oxygen atoms in total. The number of fused-ring (bicyclic) bond motifs is 1. The standard InChI is InChI=1S/C13H19N3O2/c1-5-18-11-7-6-9-12(16-11)15-10(14-9)8-13(2,3)17-4/h6-7H,5,8H2,1-4H3,(H,14,15,16). The zero-order chi connectivity index (χ0) is 13.2. The topological polar surface area (TPSA) is 60.0 Å². The third-order valence-electron chi connectivity index (χ3n) is 2.81. The summed E-state index contributed by atoms with van der Waals surface area (Å²) in [6.45, 7) is 6.59. The average Bonchev–Trinajstić information content (AvgIpc) is 2.70. The van der Waals surface area contributed by atoms with Gasteiger partial charge in [-0.3, -0.25) is 0 Å². The van der Waals surface area contributed by atoms with E-state index in [2.05, 4.69) is 15.0 Å².